The molecule has 7 heteroatoms. The van der Waals surface area contributed by atoms with Crippen LogP contribution in [0.4, 0.5) is 5.95 Å². The predicted molar refractivity (Wildman–Crippen MR) is 131 cm³/mol. The molecule has 0 fully saturated rings. The van der Waals surface area contributed by atoms with Gasteiger partial charge < -0.3 is 9.15 Å². The second kappa shape index (κ2) is 8.22. The monoisotopic (exact) mass is 461 g/mol. The lowest BCUT2D eigenvalue weighted by Gasteiger charge is -2.23. The lowest BCUT2D eigenvalue weighted by atomic mass is 9.98. The summed E-state index contributed by atoms with van der Waals surface area (Å²) >= 11 is 0. The van der Waals surface area contributed by atoms with Gasteiger partial charge in [-0.05, 0) is 55.0 Å². The van der Waals surface area contributed by atoms with Crippen molar-refractivity contribution in [3.05, 3.63) is 124 Å². The van der Waals surface area contributed by atoms with Crippen molar-refractivity contribution in [2.75, 3.05) is 4.90 Å². The van der Waals surface area contributed by atoms with Gasteiger partial charge in [0.1, 0.15) is 17.1 Å². The van der Waals surface area contributed by atoms with Crippen molar-refractivity contribution in [2.24, 2.45) is 0 Å². The van der Waals surface area contributed by atoms with E-state index in [9.17, 15) is 9.59 Å². The summed E-state index contributed by atoms with van der Waals surface area (Å²) in [5.74, 6) is 0.965. The number of benzene rings is 3. The zero-order chi connectivity index (χ0) is 23.9. The lowest BCUT2D eigenvalue weighted by Crippen LogP contribution is -2.31. The molecule has 1 atom stereocenters. The Labute approximate surface area is 200 Å². The number of fused-ring (bicyclic) bond motifs is 2. The molecule has 2 aromatic heterocycles. The smallest absolute Gasteiger partial charge is 0.297 e. The number of anilines is 1. The van der Waals surface area contributed by atoms with E-state index in [0.29, 0.717) is 28.0 Å². The maximum atomic E-state index is 13.7. The summed E-state index contributed by atoms with van der Waals surface area (Å²) in [6.45, 7) is 1.91. The summed E-state index contributed by atoms with van der Waals surface area (Å²) in [5.41, 5.74) is 1.97. The van der Waals surface area contributed by atoms with E-state index in [1.165, 1.54) is 4.90 Å². The van der Waals surface area contributed by atoms with Crippen LogP contribution in [0.25, 0.3) is 11.0 Å². The lowest BCUT2D eigenvalue weighted by molar-refractivity contribution is 0.0969. The quantitative estimate of drug-likeness (QED) is 0.355. The zero-order valence-electron chi connectivity index (χ0n) is 18.7. The molecule has 170 valence electrons. The first kappa shape index (κ1) is 20.8. The molecule has 0 N–H and O–H groups in total. The van der Waals surface area contributed by atoms with E-state index in [1.54, 1.807) is 30.6 Å². The Morgan fingerprint density at radius 2 is 1.63 bits per heavy atom. The third kappa shape index (κ3) is 3.54. The Kier molecular flexibility index (Phi) is 4.88. The average Bonchev–Trinajstić information content (AvgIpc) is 3.18. The average molecular weight is 461 g/mol. The van der Waals surface area contributed by atoms with Crippen molar-refractivity contribution in [1.82, 2.24) is 9.97 Å². The SMILES string of the molecule is Cc1ccc2oc3c(c(=O)c2c1)C(c1cccc(Oc2ccccc2)c1)N(c1ncccn1)C3=O. The molecular formula is C28H19N3O4. The molecule has 3 aromatic carbocycles. The maximum Gasteiger partial charge on any atom is 0.297 e. The van der Waals surface area contributed by atoms with Crippen LogP contribution in [0.5, 0.6) is 11.5 Å². The van der Waals surface area contributed by atoms with Crippen LogP contribution >= 0.6 is 0 Å². The minimum atomic E-state index is -0.777. The summed E-state index contributed by atoms with van der Waals surface area (Å²) in [7, 11) is 0. The molecule has 7 nitrogen and oxygen atoms in total. The first-order valence-corrected chi connectivity index (χ1v) is 11.1. The highest BCUT2D eigenvalue weighted by Gasteiger charge is 2.45. The van der Waals surface area contributed by atoms with Gasteiger partial charge in [0, 0.05) is 12.4 Å². The number of amides is 1. The molecule has 1 aliphatic rings. The molecule has 0 radical (unpaired) electrons. The number of carbonyl (C=O) groups excluding carboxylic acids is 1. The largest absolute Gasteiger partial charge is 0.457 e. The third-order valence-corrected chi connectivity index (χ3v) is 5.95. The van der Waals surface area contributed by atoms with Crippen LogP contribution in [0.2, 0.25) is 0 Å². The highest BCUT2D eigenvalue weighted by atomic mass is 16.5. The van der Waals surface area contributed by atoms with Gasteiger partial charge in [-0.2, -0.15) is 0 Å². The number of ether oxygens (including phenoxy) is 1. The highest BCUT2D eigenvalue weighted by Crippen LogP contribution is 2.41. The Bertz CT molecular complexity index is 1630. The second-order valence-electron chi connectivity index (χ2n) is 8.29. The summed E-state index contributed by atoms with van der Waals surface area (Å²) in [6, 6.07) is 22.9. The topological polar surface area (TPSA) is 85.5 Å². The van der Waals surface area contributed by atoms with Gasteiger partial charge in [-0.1, -0.05) is 42.0 Å². The van der Waals surface area contributed by atoms with Gasteiger partial charge in [-0.25, -0.2) is 9.97 Å². The molecule has 1 unspecified atom stereocenters. The molecule has 0 saturated carbocycles. The van der Waals surface area contributed by atoms with Crippen molar-refractivity contribution >= 4 is 22.8 Å². The maximum absolute atomic E-state index is 13.7. The fourth-order valence-corrected chi connectivity index (χ4v) is 4.40. The van der Waals surface area contributed by atoms with Gasteiger partial charge >= 0.3 is 0 Å². The molecular weight excluding hydrogens is 442 g/mol. The molecule has 3 heterocycles. The first-order valence-electron chi connectivity index (χ1n) is 11.1. The molecule has 35 heavy (non-hydrogen) atoms. The van der Waals surface area contributed by atoms with E-state index >= 15 is 0 Å². The molecule has 0 saturated heterocycles. The van der Waals surface area contributed by atoms with Gasteiger partial charge in [0.15, 0.2) is 5.43 Å². The third-order valence-electron chi connectivity index (χ3n) is 5.95. The van der Waals surface area contributed by atoms with Crippen molar-refractivity contribution in [1.29, 1.82) is 0 Å². The number of para-hydroxylation sites is 1. The van der Waals surface area contributed by atoms with Gasteiger partial charge in [-0.3, -0.25) is 14.5 Å². The fourth-order valence-electron chi connectivity index (χ4n) is 4.40. The Hall–Kier alpha value is -4.78. The van der Waals surface area contributed by atoms with Crippen LogP contribution in [0, 0.1) is 6.92 Å². The summed E-state index contributed by atoms with van der Waals surface area (Å²) in [5, 5.41) is 0.425. The minimum absolute atomic E-state index is 0.00168. The van der Waals surface area contributed by atoms with E-state index in [-0.39, 0.29) is 22.7 Å². The van der Waals surface area contributed by atoms with E-state index in [1.807, 2.05) is 67.6 Å². The molecule has 0 spiro atoms. The Morgan fingerprint density at radius 3 is 2.43 bits per heavy atom. The van der Waals surface area contributed by atoms with Gasteiger partial charge in [-0.15, -0.1) is 0 Å². The van der Waals surface area contributed by atoms with Crippen LogP contribution in [-0.2, 0) is 0 Å². The molecule has 6 rings (SSSR count). The van der Waals surface area contributed by atoms with Crippen LogP contribution in [-0.4, -0.2) is 15.9 Å². The standard InChI is InChI=1S/C28H19N3O4/c1-17-11-12-22-21(15-17)25(32)23-24(31(27(33)26(23)35-22)28-29-13-6-14-30-28)18-7-5-10-20(16-18)34-19-8-3-2-4-9-19/h2-16,24H,1H3. The minimum Gasteiger partial charge on any atom is -0.457 e. The summed E-state index contributed by atoms with van der Waals surface area (Å²) in [4.78, 5) is 37.3. The molecule has 1 aliphatic heterocycles. The van der Waals surface area contributed by atoms with E-state index < -0.39 is 11.9 Å². The zero-order valence-corrected chi connectivity index (χ0v) is 18.7. The highest BCUT2D eigenvalue weighted by molar-refractivity contribution is 6.09. The van der Waals surface area contributed by atoms with Crippen molar-refractivity contribution < 1.29 is 13.9 Å². The number of carbonyl (C=O) groups is 1. The van der Waals surface area contributed by atoms with E-state index in [0.717, 1.165) is 5.56 Å². The van der Waals surface area contributed by atoms with Crippen molar-refractivity contribution in [2.45, 2.75) is 13.0 Å². The van der Waals surface area contributed by atoms with Gasteiger partial charge in [0.05, 0.1) is 17.0 Å². The number of rotatable bonds is 4. The number of hydrogen-bond donors (Lipinski definition) is 0. The number of aromatic nitrogens is 2. The Balaban J connectivity index is 1.56. The van der Waals surface area contributed by atoms with Crippen LogP contribution in [0.15, 0.2) is 100 Å². The predicted octanol–water partition coefficient (Wildman–Crippen LogP) is 5.43. The first-order chi connectivity index (χ1) is 17.1. The van der Waals surface area contributed by atoms with Gasteiger partial charge in [0.2, 0.25) is 11.7 Å². The van der Waals surface area contributed by atoms with Crippen molar-refractivity contribution in [3.8, 4) is 11.5 Å². The molecule has 0 aliphatic carbocycles. The molecule has 1 amide bonds. The summed E-state index contributed by atoms with van der Waals surface area (Å²) < 4.78 is 12.0. The Morgan fingerprint density at radius 1 is 0.857 bits per heavy atom. The fraction of sp³-hybridized carbons (Fsp3) is 0.0714. The normalized spacial score (nSPS) is 14.8. The van der Waals surface area contributed by atoms with Crippen LogP contribution in [0.1, 0.15) is 33.3 Å². The van der Waals surface area contributed by atoms with Gasteiger partial charge in [0.25, 0.3) is 5.91 Å². The number of aryl methyl sites for hydroxylation is 1. The van der Waals surface area contributed by atoms with Crippen molar-refractivity contribution in [3.63, 3.8) is 0 Å². The molecule has 0 bridgehead atoms. The number of hydrogen-bond acceptors (Lipinski definition) is 6. The van der Waals surface area contributed by atoms with Crippen LogP contribution < -0.4 is 15.1 Å². The number of nitrogens with zero attached hydrogens (tertiary/aromatic N) is 3. The van der Waals surface area contributed by atoms with E-state index in [4.69, 9.17) is 9.15 Å². The second-order valence-corrected chi connectivity index (χ2v) is 8.29. The molecule has 5 aromatic rings. The van der Waals surface area contributed by atoms with E-state index in [2.05, 4.69) is 9.97 Å². The summed E-state index contributed by atoms with van der Waals surface area (Å²) in [6.07, 6.45) is 3.11. The van der Waals surface area contributed by atoms with Crippen LogP contribution in [0.3, 0.4) is 0 Å².